The van der Waals surface area contributed by atoms with Gasteiger partial charge in [0.2, 0.25) is 0 Å². The summed E-state index contributed by atoms with van der Waals surface area (Å²) < 4.78 is 5.46. The van der Waals surface area contributed by atoms with Crippen molar-refractivity contribution in [2.45, 2.75) is 57.7 Å². The van der Waals surface area contributed by atoms with E-state index in [4.69, 9.17) is 4.74 Å². The van der Waals surface area contributed by atoms with Crippen LogP contribution in [-0.4, -0.2) is 82.4 Å². The molecular formula is C18H31N3O4. The van der Waals surface area contributed by atoms with Crippen molar-refractivity contribution in [1.29, 1.82) is 0 Å². The molecule has 7 nitrogen and oxygen atoms in total. The topological polar surface area (TPSA) is 73.3 Å². The normalized spacial score (nSPS) is 30.2. The molecule has 2 atom stereocenters. The molecule has 0 spiro atoms. The van der Waals surface area contributed by atoms with Crippen molar-refractivity contribution in [3.05, 3.63) is 0 Å². The second-order valence-electron chi connectivity index (χ2n) is 8.65. The maximum Gasteiger partial charge on any atom is 0.410 e. The minimum Gasteiger partial charge on any atom is -0.444 e. The molecule has 0 aliphatic carbocycles. The Morgan fingerprint density at radius 1 is 0.960 bits per heavy atom. The van der Waals surface area contributed by atoms with Crippen LogP contribution in [0.1, 0.15) is 46.5 Å². The van der Waals surface area contributed by atoms with E-state index in [1.165, 1.54) is 0 Å². The number of aliphatic hydroxyl groups is 1. The zero-order valence-corrected chi connectivity index (χ0v) is 15.7. The van der Waals surface area contributed by atoms with Gasteiger partial charge in [-0.25, -0.2) is 9.59 Å². The van der Waals surface area contributed by atoms with Gasteiger partial charge in [0.05, 0.1) is 5.60 Å². The lowest BCUT2D eigenvalue weighted by Gasteiger charge is -2.50. The van der Waals surface area contributed by atoms with Gasteiger partial charge in [-0.2, -0.15) is 0 Å². The number of hydrogen-bond acceptors (Lipinski definition) is 4. The van der Waals surface area contributed by atoms with Crippen LogP contribution in [-0.2, 0) is 4.74 Å². The molecule has 0 saturated carbocycles. The first-order valence-electron chi connectivity index (χ1n) is 9.42. The summed E-state index contributed by atoms with van der Waals surface area (Å²) >= 11 is 0. The number of ether oxygens (including phenoxy) is 1. The van der Waals surface area contributed by atoms with Gasteiger partial charge >= 0.3 is 12.1 Å². The molecule has 0 aromatic rings. The van der Waals surface area contributed by atoms with Crippen molar-refractivity contribution in [3.8, 4) is 0 Å². The van der Waals surface area contributed by atoms with Crippen LogP contribution in [0, 0.1) is 5.92 Å². The molecule has 3 rings (SSSR count). The fourth-order valence-corrected chi connectivity index (χ4v) is 4.08. The first-order valence-corrected chi connectivity index (χ1v) is 9.42. The zero-order chi connectivity index (χ0) is 18.2. The summed E-state index contributed by atoms with van der Waals surface area (Å²) in [5.41, 5.74) is -1.31. The van der Waals surface area contributed by atoms with Crippen molar-refractivity contribution >= 4 is 12.1 Å². The van der Waals surface area contributed by atoms with Crippen LogP contribution in [0.5, 0.6) is 0 Å². The maximum absolute atomic E-state index is 12.6. The number of fused-ring (bicyclic) bond motifs is 1. The van der Waals surface area contributed by atoms with Crippen LogP contribution in [0.15, 0.2) is 0 Å². The van der Waals surface area contributed by atoms with Gasteiger partial charge in [0.1, 0.15) is 5.60 Å². The van der Waals surface area contributed by atoms with Gasteiger partial charge in [0.25, 0.3) is 0 Å². The van der Waals surface area contributed by atoms with Crippen LogP contribution >= 0.6 is 0 Å². The number of nitrogens with zero attached hydrogens (tertiary/aromatic N) is 3. The average Bonchev–Trinajstić information content (AvgIpc) is 3.05. The first-order chi connectivity index (χ1) is 11.7. The Bertz CT molecular complexity index is 527. The molecule has 3 aliphatic rings. The van der Waals surface area contributed by atoms with Crippen LogP contribution < -0.4 is 0 Å². The number of amides is 3. The van der Waals surface area contributed by atoms with Gasteiger partial charge < -0.3 is 24.5 Å². The number of rotatable bonds is 0. The SMILES string of the molecule is CC(C)(C)OC(=O)N1CC[C@@]2(O)CCN(C(=O)N3CCCC3)C[C@H]2C1. The van der Waals surface area contributed by atoms with E-state index in [2.05, 4.69) is 0 Å². The highest BCUT2D eigenvalue weighted by Gasteiger charge is 2.47. The summed E-state index contributed by atoms with van der Waals surface area (Å²) in [5.74, 6) is -0.117. The highest BCUT2D eigenvalue weighted by molar-refractivity contribution is 5.75. The summed E-state index contributed by atoms with van der Waals surface area (Å²) in [6, 6.07) is 0.0777. The minimum atomic E-state index is -0.777. The smallest absolute Gasteiger partial charge is 0.410 e. The van der Waals surface area contributed by atoms with Gasteiger partial charge in [-0.15, -0.1) is 0 Å². The van der Waals surface area contributed by atoms with Crippen molar-refractivity contribution in [3.63, 3.8) is 0 Å². The van der Waals surface area contributed by atoms with E-state index < -0.39 is 11.2 Å². The minimum absolute atomic E-state index is 0.0777. The summed E-state index contributed by atoms with van der Waals surface area (Å²) in [6.45, 7) is 9.24. The lowest BCUT2D eigenvalue weighted by Crippen LogP contribution is -2.62. The standard InChI is InChI=1S/C18H31N3O4/c1-17(2,3)25-16(23)21-11-7-18(24)6-10-20(12-14(18)13-21)15(22)19-8-4-5-9-19/h14,24H,4-13H2,1-3H3/t14-,18-/m0/s1. The number of urea groups is 1. The van der Waals surface area contributed by atoms with Crippen LogP contribution in [0.25, 0.3) is 0 Å². The molecule has 3 aliphatic heterocycles. The number of carbonyl (C=O) groups excluding carboxylic acids is 2. The van der Waals surface area contributed by atoms with Crippen molar-refractivity contribution < 1.29 is 19.4 Å². The molecular weight excluding hydrogens is 322 g/mol. The zero-order valence-electron chi connectivity index (χ0n) is 15.7. The van der Waals surface area contributed by atoms with Gasteiger partial charge in [0, 0.05) is 45.2 Å². The number of piperidine rings is 2. The Labute approximate surface area is 149 Å². The monoisotopic (exact) mass is 353 g/mol. The highest BCUT2D eigenvalue weighted by atomic mass is 16.6. The van der Waals surface area contributed by atoms with Crippen LogP contribution in [0.2, 0.25) is 0 Å². The second-order valence-corrected chi connectivity index (χ2v) is 8.65. The molecule has 0 aromatic heterocycles. The van der Waals surface area contributed by atoms with E-state index >= 15 is 0 Å². The maximum atomic E-state index is 12.6. The van der Waals surface area contributed by atoms with E-state index in [9.17, 15) is 14.7 Å². The lowest BCUT2D eigenvalue weighted by atomic mass is 9.76. The fourth-order valence-electron chi connectivity index (χ4n) is 4.08. The summed E-state index contributed by atoms with van der Waals surface area (Å²) in [7, 11) is 0. The highest BCUT2D eigenvalue weighted by Crippen LogP contribution is 2.36. The van der Waals surface area contributed by atoms with Gasteiger partial charge in [-0.05, 0) is 46.5 Å². The third-order valence-electron chi connectivity index (χ3n) is 5.57. The summed E-state index contributed by atoms with van der Waals surface area (Å²) in [5, 5.41) is 11.0. The largest absolute Gasteiger partial charge is 0.444 e. The number of hydrogen-bond donors (Lipinski definition) is 1. The van der Waals surface area contributed by atoms with Gasteiger partial charge in [0.15, 0.2) is 0 Å². The molecule has 7 heteroatoms. The second kappa shape index (κ2) is 6.67. The molecule has 3 fully saturated rings. The summed E-state index contributed by atoms with van der Waals surface area (Å²) in [4.78, 5) is 30.4. The quantitative estimate of drug-likeness (QED) is 0.722. The van der Waals surface area contributed by atoms with Gasteiger partial charge in [-0.3, -0.25) is 0 Å². The van der Waals surface area contributed by atoms with Crippen molar-refractivity contribution in [2.75, 3.05) is 39.3 Å². The molecule has 3 saturated heterocycles. The Kier molecular flexibility index (Phi) is 4.88. The third-order valence-corrected chi connectivity index (χ3v) is 5.57. The Morgan fingerprint density at radius 2 is 1.52 bits per heavy atom. The molecule has 3 amide bonds. The predicted octanol–water partition coefficient (Wildman–Crippen LogP) is 1.90. The Hall–Kier alpha value is -1.50. The molecule has 1 N–H and O–H groups in total. The first kappa shape index (κ1) is 18.3. The number of carbonyl (C=O) groups is 2. The summed E-state index contributed by atoms with van der Waals surface area (Å²) in [6.07, 6.45) is 2.93. The molecule has 0 aromatic carbocycles. The van der Waals surface area contributed by atoms with Crippen molar-refractivity contribution in [1.82, 2.24) is 14.7 Å². The Morgan fingerprint density at radius 3 is 2.12 bits per heavy atom. The Balaban J connectivity index is 1.63. The predicted molar refractivity (Wildman–Crippen MR) is 93.3 cm³/mol. The van der Waals surface area contributed by atoms with Crippen LogP contribution in [0.3, 0.4) is 0 Å². The molecule has 0 radical (unpaired) electrons. The molecule has 0 bridgehead atoms. The lowest BCUT2D eigenvalue weighted by molar-refractivity contribution is -0.106. The van der Waals surface area contributed by atoms with E-state index in [0.717, 1.165) is 25.9 Å². The van der Waals surface area contributed by atoms with E-state index in [1.54, 1.807) is 4.90 Å². The molecule has 0 unspecified atom stereocenters. The third kappa shape index (κ3) is 4.02. The molecule has 3 heterocycles. The fraction of sp³-hybridized carbons (Fsp3) is 0.889. The van der Waals surface area contributed by atoms with Gasteiger partial charge in [-0.1, -0.05) is 0 Å². The van der Waals surface area contributed by atoms with E-state index in [-0.39, 0.29) is 18.0 Å². The molecule has 25 heavy (non-hydrogen) atoms. The van der Waals surface area contributed by atoms with E-state index in [0.29, 0.717) is 39.0 Å². The molecule has 142 valence electrons. The van der Waals surface area contributed by atoms with E-state index in [1.807, 2.05) is 30.6 Å². The van der Waals surface area contributed by atoms with Crippen molar-refractivity contribution in [2.24, 2.45) is 5.92 Å². The number of likely N-dealkylation sites (tertiary alicyclic amines) is 3. The van der Waals surface area contributed by atoms with Crippen LogP contribution in [0.4, 0.5) is 9.59 Å². The average molecular weight is 353 g/mol.